The monoisotopic (exact) mass is 371 g/mol. The highest BCUT2D eigenvalue weighted by atomic mass is 16.6. The molecule has 0 bridgehead atoms. The molecule has 1 aliphatic rings. The van der Waals surface area contributed by atoms with Gasteiger partial charge in [-0.15, -0.1) is 0 Å². The minimum Gasteiger partial charge on any atom is -0.494 e. The van der Waals surface area contributed by atoms with E-state index in [4.69, 9.17) is 9.47 Å². The lowest BCUT2D eigenvalue weighted by molar-refractivity contribution is -0.129. The van der Waals surface area contributed by atoms with Crippen LogP contribution in [0.25, 0.3) is 16.8 Å². The molecule has 0 N–H and O–H groups in total. The number of aliphatic imine (C=N–C) groups is 1. The Kier molecular flexibility index (Phi) is 5.20. The Morgan fingerprint density at radius 3 is 2.61 bits per heavy atom. The minimum atomic E-state index is -0.439. The fraction of sp³-hybridized carbons (Fsp3) is 0.167. The molecule has 0 aliphatic carbocycles. The van der Waals surface area contributed by atoms with E-state index in [1.54, 1.807) is 6.08 Å². The molecule has 0 atom stereocenters. The number of hydrogen-bond acceptors (Lipinski definition) is 4. The molecule has 0 spiro atoms. The van der Waals surface area contributed by atoms with Crippen LogP contribution in [-0.4, -0.2) is 18.5 Å². The number of esters is 1. The van der Waals surface area contributed by atoms with E-state index in [0.717, 1.165) is 40.5 Å². The van der Waals surface area contributed by atoms with Crippen LogP contribution in [0.3, 0.4) is 0 Å². The maximum absolute atomic E-state index is 12.3. The Hall–Kier alpha value is -3.40. The van der Waals surface area contributed by atoms with Gasteiger partial charge in [-0.3, -0.25) is 0 Å². The van der Waals surface area contributed by atoms with Gasteiger partial charge < -0.3 is 9.47 Å². The van der Waals surface area contributed by atoms with Crippen molar-refractivity contribution in [1.29, 1.82) is 0 Å². The Morgan fingerprint density at radius 2 is 1.79 bits per heavy atom. The SMILES string of the molecule is CCCCOc1ccc(C2=N/C(=C\c3cccc4ccccc34)C(=O)O2)cc1. The van der Waals surface area contributed by atoms with Crippen LogP contribution in [0.5, 0.6) is 5.75 Å². The number of rotatable bonds is 6. The van der Waals surface area contributed by atoms with E-state index in [1.165, 1.54) is 0 Å². The fourth-order valence-corrected chi connectivity index (χ4v) is 3.08. The number of carbonyl (C=O) groups excluding carboxylic acids is 1. The van der Waals surface area contributed by atoms with Crippen LogP contribution < -0.4 is 4.74 Å². The molecule has 4 nitrogen and oxygen atoms in total. The summed E-state index contributed by atoms with van der Waals surface area (Å²) in [6.07, 6.45) is 3.89. The fourth-order valence-electron chi connectivity index (χ4n) is 3.08. The molecule has 4 rings (SSSR count). The summed E-state index contributed by atoms with van der Waals surface area (Å²) in [7, 11) is 0. The second-order valence-electron chi connectivity index (χ2n) is 6.63. The zero-order chi connectivity index (χ0) is 19.3. The van der Waals surface area contributed by atoms with Crippen molar-refractivity contribution in [3.63, 3.8) is 0 Å². The predicted molar refractivity (Wildman–Crippen MR) is 111 cm³/mol. The van der Waals surface area contributed by atoms with E-state index in [0.29, 0.717) is 18.2 Å². The lowest BCUT2D eigenvalue weighted by Gasteiger charge is -2.05. The summed E-state index contributed by atoms with van der Waals surface area (Å²) in [4.78, 5) is 16.7. The lowest BCUT2D eigenvalue weighted by Crippen LogP contribution is -2.05. The van der Waals surface area contributed by atoms with Gasteiger partial charge in [-0.05, 0) is 53.1 Å². The first kappa shape index (κ1) is 18.0. The van der Waals surface area contributed by atoms with E-state index < -0.39 is 5.97 Å². The first-order valence-corrected chi connectivity index (χ1v) is 9.48. The average Bonchev–Trinajstić information content (AvgIpc) is 3.09. The summed E-state index contributed by atoms with van der Waals surface area (Å²) in [6.45, 7) is 2.83. The van der Waals surface area contributed by atoms with Gasteiger partial charge in [0.1, 0.15) is 5.75 Å². The number of benzene rings is 3. The van der Waals surface area contributed by atoms with Crippen molar-refractivity contribution in [2.24, 2.45) is 4.99 Å². The van der Waals surface area contributed by atoms with Gasteiger partial charge in [-0.2, -0.15) is 0 Å². The largest absolute Gasteiger partial charge is 0.494 e. The molecule has 140 valence electrons. The van der Waals surface area contributed by atoms with Crippen LogP contribution in [0.4, 0.5) is 0 Å². The summed E-state index contributed by atoms with van der Waals surface area (Å²) in [5.41, 5.74) is 1.99. The Bertz CT molecular complexity index is 1060. The number of ether oxygens (including phenoxy) is 2. The average molecular weight is 371 g/mol. The molecule has 4 heteroatoms. The third kappa shape index (κ3) is 3.81. The predicted octanol–water partition coefficient (Wildman–Crippen LogP) is 5.36. The van der Waals surface area contributed by atoms with Crippen LogP contribution in [0.2, 0.25) is 0 Å². The zero-order valence-electron chi connectivity index (χ0n) is 15.7. The smallest absolute Gasteiger partial charge is 0.363 e. The van der Waals surface area contributed by atoms with Crippen molar-refractivity contribution in [2.75, 3.05) is 6.61 Å². The Labute approximate surface area is 164 Å². The van der Waals surface area contributed by atoms with Crippen LogP contribution in [0.1, 0.15) is 30.9 Å². The molecule has 0 unspecified atom stereocenters. The molecule has 0 aromatic heterocycles. The van der Waals surface area contributed by atoms with Gasteiger partial charge in [0.15, 0.2) is 5.70 Å². The molecule has 0 fully saturated rings. The van der Waals surface area contributed by atoms with Crippen molar-refractivity contribution in [3.05, 3.63) is 83.6 Å². The topological polar surface area (TPSA) is 47.9 Å². The summed E-state index contributed by atoms with van der Waals surface area (Å²) < 4.78 is 11.1. The van der Waals surface area contributed by atoms with E-state index in [1.807, 2.05) is 66.7 Å². The highest BCUT2D eigenvalue weighted by Crippen LogP contribution is 2.25. The highest BCUT2D eigenvalue weighted by Gasteiger charge is 2.24. The summed E-state index contributed by atoms with van der Waals surface area (Å²) >= 11 is 0. The number of nitrogens with zero attached hydrogens (tertiary/aromatic N) is 1. The van der Waals surface area contributed by atoms with Crippen molar-refractivity contribution >= 4 is 28.7 Å². The summed E-state index contributed by atoms with van der Waals surface area (Å²) in [5.74, 6) is 0.677. The van der Waals surface area contributed by atoms with Crippen LogP contribution in [-0.2, 0) is 9.53 Å². The Balaban J connectivity index is 1.58. The number of fused-ring (bicyclic) bond motifs is 1. The molecular formula is C24H21NO3. The van der Waals surface area contributed by atoms with Gasteiger partial charge in [-0.25, -0.2) is 9.79 Å². The first-order chi connectivity index (χ1) is 13.7. The van der Waals surface area contributed by atoms with E-state index in [9.17, 15) is 4.79 Å². The molecule has 0 radical (unpaired) electrons. The Morgan fingerprint density at radius 1 is 1.00 bits per heavy atom. The quantitative estimate of drug-likeness (QED) is 0.333. The van der Waals surface area contributed by atoms with Crippen molar-refractivity contribution in [1.82, 2.24) is 0 Å². The maximum Gasteiger partial charge on any atom is 0.363 e. The maximum atomic E-state index is 12.3. The molecule has 0 amide bonds. The molecule has 0 saturated heterocycles. The van der Waals surface area contributed by atoms with Gasteiger partial charge in [0.05, 0.1) is 6.61 Å². The summed E-state index contributed by atoms with van der Waals surface area (Å²) in [5, 5.41) is 2.19. The minimum absolute atomic E-state index is 0.301. The molecule has 1 heterocycles. The molecule has 3 aromatic carbocycles. The number of carbonyl (C=O) groups is 1. The van der Waals surface area contributed by atoms with Crippen molar-refractivity contribution in [3.8, 4) is 5.75 Å². The standard InChI is InChI=1S/C24H21NO3/c1-2-3-15-27-20-13-11-18(12-14-20)23-25-22(24(26)28-23)16-19-9-6-8-17-7-4-5-10-21(17)19/h4-14,16H,2-3,15H2,1H3/b22-16-. The molecule has 1 aliphatic heterocycles. The molecule has 0 saturated carbocycles. The van der Waals surface area contributed by atoms with Crippen molar-refractivity contribution < 1.29 is 14.3 Å². The first-order valence-electron chi connectivity index (χ1n) is 9.48. The van der Waals surface area contributed by atoms with Gasteiger partial charge in [0.25, 0.3) is 0 Å². The van der Waals surface area contributed by atoms with Gasteiger partial charge in [0, 0.05) is 5.56 Å². The van der Waals surface area contributed by atoms with Crippen LogP contribution >= 0.6 is 0 Å². The third-order valence-electron chi connectivity index (χ3n) is 4.60. The highest BCUT2D eigenvalue weighted by molar-refractivity contribution is 6.13. The van der Waals surface area contributed by atoms with E-state index in [-0.39, 0.29) is 0 Å². The normalized spacial score (nSPS) is 15.0. The molecular weight excluding hydrogens is 350 g/mol. The third-order valence-corrected chi connectivity index (χ3v) is 4.60. The van der Waals surface area contributed by atoms with Gasteiger partial charge in [0.2, 0.25) is 5.90 Å². The summed E-state index contributed by atoms with van der Waals surface area (Å²) in [6, 6.07) is 21.5. The number of cyclic esters (lactones) is 1. The molecule has 3 aromatic rings. The van der Waals surface area contributed by atoms with Gasteiger partial charge >= 0.3 is 5.97 Å². The van der Waals surface area contributed by atoms with Crippen LogP contribution in [0, 0.1) is 0 Å². The second-order valence-corrected chi connectivity index (χ2v) is 6.63. The number of unbranched alkanes of at least 4 members (excludes halogenated alkanes) is 1. The van der Waals surface area contributed by atoms with Crippen LogP contribution in [0.15, 0.2) is 77.4 Å². The second kappa shape index (κ2) is 8.09. The van der Waals surface area contributed by atoms with E-state index >= 15 is 0 Å². The lowest BCUT2D eigenvalue weighted by atomic mass is 10.0. The van der Waals surface area contributed by atoms with Gasteiger partial charge in [-0.1, -0.05) is 55.8 Å². The van der Waals surface area contributed by atoms with E-state index in [2.05, 4.69) is 11.9 Å². The zero-order valence-corrected chi connectivity index (χ0v) is 15.7. The molecule has 28 heavy (non-hydrogen) atoms. The number of hydrogen-bond donors (Lipinski definition) is 0. The van der Waals surface area contributed by atoms with Crippen molar-refractivity contribution in [2.45, 2.75) is 19.8 Å².